The van der Waals surface area contributed by atoms with Crippen LogP contribution in [0.25, 0.3) is 0 Å². The SMILES string of the molecule is CCCN(CCC)c1ncc(NS(=O)(=O)c2cc(C)ccc2C)cc1C(=O)O. The molecule has 0 amide bonds. The molecule has 0 saturated heterocycles. The lowest BCUT2D eigenvalue weighted by molar-refractivity contribution is 0.0697. The van der Waals surface area contributed by atoms with Gasteiger partial charge in [0, 0.05) is 13.1 Å². The van der Waals surface area contributed by atoms with E-state index in [1.54, 1.807) is 19.1 Å². The summed E-state index contributed by atoms with van der Waals surface area (Å²) < 4.78 is 28.0. The minimum atomic E-state index is -3.86. The van der Waals surface area contributed by atoms with Crippen molar-refractivity contribution in [1.82, 2.24) is 4.98 Å². The Balaban J connectivity index is 2.43. The van der Waals surface area contributed by atoms with E-state index in [4.69, 9.17) is 0 Å². The Morgan fingerprint density at radius 3 is 2.36 bits per heavy atom. The van der Waals surface area contributed by atoms with Gasteiger partial charge in [-0.05, 0) is 49.9 Å². The van der Waals surface area contributed by atoms with Crippen LogP contribution in [-0.4, -0.2) is 37.6 Å². The number of hydrogen-bond acceptors (Lipinski definition) is 5. The minimum absolute atomic E-state index is 0.0249. The van der Waals surface area contributed by atoms with Gasteiger partial charge in [-0.15, -0.1) is 0 Å². The Labute approximate surface area is 166 Å². The van der Waals surface area contributed by atoms with Gasteiger partial charge in [0.1, 0.15) is 11.4 Å². The molecule has 0 fully saturated rings. The number of rotatable bonds is 9. The third kappa shape index (κ3) is 5.01. The van der Waals surface area contributed by atoms with Gasteiger partial charge >= 0.3 is 5.97 Å². The first-order valence-corrected chi connectivity index (χ1v) is 10.8. The summed E-state index contributed by atoms with van der Waals surface area (Å²) >= 11 is 0. The molecule has 1 heterocycles. The standard InChI is InChI=1S/C20H27N3O4S/c1-5-9-23(10-6-2)19-17(20(24)25)12-16(13-21-19)22-28(26,27)18-11-14(3)7-8-15(18)4/h7-8,11-13,22H,5-6,9-10H2,1-4H3,(H,24,25). The van der Waals surface area contributed by atoms with Crippen LogP contribution in [0.3, 0.4) is 0 Å². The van der Waals surface area contributed by atoms with Crippen molar-refractivity contribution in [2.75, 3.05) is 22.7 Å². The van der Waals surface area contributed by atoms with Crippen LogP contribution < -0.4 is 9.62 Å². The minimum Gasteiger partial charge on any atom is -0.478 e. The van der Waals surface area contributed by atoms with Gasteiger partial charge in [-0.2, -0.15) is 0 Å². The molecule has 2 rings (SSSR count). The van der Waals surface area contributed by atoms with E-state index < -0.39 is 16.0 Å². The van der Waals surface area contributed by atoms with Crippen LogP contribution in [0.2, 0.25) is 0 Å². The molecule has 0 bridgehead atoms. The van der Waals surface area contributed by atoms with Crippen molar-refractivity contribution in [3.05, 3.63) is 47.2 Å². The van der Waals surface area contributed by atoms with Gasteiger partial charge in [0.05, 0.1) is 16.8 Å². The van der Waals surface area contributed by atoms with Crippen LogP contribution in [0, 0.1) is 13.8 Å². The van der Waals surface area contributed by atoms with E-state index in [1.807, 2.05) is 31.7 Å². The number of anilines is 2. The van der Waals surface area contributed by atoms with Crippen molar-refractivity contribution in [2.24, 2.45) is 0 Å². The Bertz CT molecular complexity index is 952. The van der Waals surface area contributed by atoms with Gasteiger partial charge in [-0.1, -0.05) is 26.0 Å². The Hall–Kier alpha value is -2.61. The van der Waals surface area contributed by atoms with Crippen LogP contribution in [0.5, 0.6) is 0 Å². The van der Waals surface area contributed by atoms with Crippen molar-refractivity contribution in [1.29, 1.82) is 0 Å². The average Bonchev–Trinajstić information content (AvgIpc) is 2.63. The molecule has 0 saturated carbocycles. The number of nitrogens with zero attached hydrogens (tertiary/aromatic N) is 2. The number of carboxylic acids is 1. The monoisotopic (exact) mass is 405 g/mol. The zero-order valence-electron chi connectivity index (χ0n) is 16.7. The lowest BCUT2D eigenvalue weighted by Gasteiger charge is -2.24. The lowest BCUT2D eigenvalue weighted by atomic mass is 10.2. The number of benzene rings is 1. The summed E-state index contributed by atoms with van der Waals surface area (Å²) in [6.45, 7) is 8.90. The fourth-order valence-corrected chi connectivity index (χ4v) is 4.36. The topological polar surface area (TPSA) is 99.6 Å². The average molecular weight is 406 g/mol. The predicted molar refractivity (Wildman–Crippen MR) is 111 cm³/mol. The van der Waals surface area contributed by atoms with Crippen molar-refractivity contribution in [3.63, 3.8) is 0 Å². The number of aromatic nitrogens is 1. The van der Waals surface area contributed by atoms with Crippen LogP contribution >= 0.6 is 0 Å². The molecular formula is C20H27N3O4S. The zero-order chi connectivity index (χ0) is 20.9. The van der Waals surface area contributed by atoms with E-state index in [9.17, 15) is 18.3 Å². The number of nitrogens with one attached hydrogen (secondary N) is 1. The summed E-state index contributed by atoms with van der Waals surface area (Å²) in [4.78, 5) is 18.1. The largest absolute Gasteiger partial charge is 0.478 e. The Kier molecular flexibility index (Phi) is 7.01. The van der Waals surface area contributed by atoms with E-state index in [0.29, 0.717) is 24.5 Å². The second-order valence-electron chi connectivity index (χ2n) is 6.76. The molecule has 8 heteroatoms. The maximum Gasteiger partial charge on any atom is 0.339 e. The summed E-state index contributed by atoms with van der Waals surface area (Å²) in [5, 5.41) is 9.63. The lowest BCUT2D eigenvalue weighted by Crippen LogP contribution is -2.28. The quantitative estimate of drug-likeness (QED) is 0.658. The van der Waals surface area contributed by atoms with Gasteiger partial charge in [0.25, 0.3) is 10.0 Å². The third-order valence-electron chi connectivity index (χ3n) is 4.27. The van der Waals surface area contributed by atoms with Crippen LogP contribution in [0.15, 0.2) is 35.4 Å². The molecule has 0 aliphatic heterocycles. The van der Waals surface area contributed by atoms with E-state index in [0.717, 1.165) is 18.4 Å². The van der Waals surface area contributed by atoms with Crippen LogP contribution in [0.4, 0.5) is 11.5 Å². The van der Waals surface area contributed by atoms with Gasteiger partial charge in [0.15, 0.2) is 0 Å². The highest BCUT2D eigenvalue weighted by Gasteiger charge is 2.21. The second kappa shape index (κ2) is 9.05. The summed E-state index contributed by atoms with van der Waals surface area (Å²) in [6, 6.07) is 6.48. The smallest absolute Gasteiger partial charge is 0.339 e. The zero-order valence-corrected chi connectivity index (χ0v) is 17.5. The van der Waals surface area contributed by atoms with E-state index >= 15 is 0 Å². The number of sulfonamides is 1. The maximum atomic E-state index is 12.8. The molecule has 0 aliphatic carbocycles. The first-order valence-electron chi connectivity index (χ1n) is 9.28. The second-order valence-corrected chi connectivity index (χ2v) is 8.41. The van der Waals surface area contributed by atoms with Crippen molar-refractivity contribution >= 4 is 27.5 Å². The molecule has 2 aromatic rings. The molecule has 0 aliphatic rings. The predicted octanol–water partition coefficient (Wildman–Crippen LogP) is 3.82. The molecule has 0 radical (unpaired) electrons. The molecule has 0 atom stereocenters. The number of aryl methyl sites for hydroxylation is 2. The van der Waals surface area contributed by atoms with Crippen molar-refractivity contribution in [3.8, 4) is 0 Å². The Morgan fingerprint density at radius 1 is 1.14 bits per heavy atom. The number of aromatic carboxylic acids is 1. The normalized spacial score (nSPS) is 11.3. The first-order chi connectivity index (χ1) is 13.2. The molecule has 1 aromatic carbocycles. The number of carboxylic acid groups (broad SMARTS) is 1. The van der Waals surface area contributed by atoms with Gasteiger partial charge in [-0.3, -0.25) is 4.72 Å². The van der Waals surface area contributed by atoms with Crippen molar-refractivity contribution in [2.45, 2.75) is 45.4 Å². The summed E-state index contributed by atoms with van der Waals surface area (Å²) in [6.07, 6.45) is 3.06. The molecule has 0 unspecified atom stereocenters. The first kappa shape index (κ1) is 21.7. The van der Waals surface area contributed by atoms with Crippen molar-refractivity contribution < 1.29 is 18.3 Å². The highest BCUT2D eigenvalue weighted by atomic mass is 32.2. The summed E-state index contributed by atoms with van der Waals surface area (Å²) in [7, 11) is -3.86. The van der Waals surface area contributed by atoms with Gasteiger partial charge < -0.3 is 10.0 Å². The van der Waals surface area contributed by atoms with Crippen LogP contribution in [-0.2, 0) is 10.0 Å². The highest BCUT2D eigenvalue weighted by Crippen LogP contribution is 2.25. The summed E-state index contributed by atoms with van der Waals surface area (Å²) in [5.41, 5.74) is 1.52. The summed E-state index contributed by atoms with van der Waals surface area (Å²) in [5.74, 6) is -0.793. The Morgan fingerprint density at radius 2 is 1.79 bits per heavy atom. The molecule has 28 heavy (non-hydrogen) atoms. The fourth-order valence-electron chi connectivity index (χ4n) is 2.99. The van der Waals surface area contributed by atoms with Crippen LogP contribution in [0.1, 0.15) is 48.2 Å². The molecule has 1 aromatic heterocycles. The highest BCUT2D eigenvalue weighted by molar-refractivity contribution is 7.92. The van der Waals surface area contributed by atoms with E-state index in [2.05, 4.69) is 9.71 Å². The number of pyridine rings is 1. The molecule has 7 nitrogen and oxygen atoms in total. The maximum absolute atomic E-state index is 12.8. The van der Waals surface area contributed by atoms with Gasteiger partial charge in [0.2, 0.25) is 0 Å². The third-order valence-corrected chi connectivity index (χ3v) is 5.79. The van der Waals surface area contributed by atoms with Gasteiger partial charge in [-0.25, -0.2) is 18.2 Å². The molecule has 152 valence electrons. The van der Waals surface area contributed by atoms with E-state index in [-0.39, 0.29) is 16.1 Å². The number of hydrogen-bond donors (Lipinski definition) is 2. The molecular weight excluding hydrogens is 378 g/mol. The fraction of sp³-hybridized carbons (Fsp3) is 0.400. The molecule has 0 spiro atoms. The molecule has 2 N–H and O–H groups in total. The number of carbonyl (C=O) groups is 1. The van der Waals surface area contributed by atoms with E-state index in [1.165, 1.54) is 12.3 Å².